The maximum atomic E-state index is 12.7. The molecule has 1 atom stereocenters. The first kappa shape index (κ1) is 19.4. The zero-order chi connectivity index (χ0) is 19.2. The molecule has 0 radical (unpaired) electrons. The second-order valence-electron chi connectivity index (χ2n) is 7.55. The number of likely N-dealkylation sites (tertiary alicyclic amines) is 1. The molecule has 1 aromatic rings. The summed E-state index contributed by atoms with van der Waals surface area (Å²) in [5.74, 6) is 0.159. The van der Waals surface area contributed by atoms with Crippen molar-refractivity contribution in [3.05, 3.63) is 35.9 Å². The molecular formula is C21H29N3O3. The van der Waals surface area contributed by atoms with E-state index in [1.165, 1.54) is 0 Å². The van der Waals surface area contributed by atoms with Gasteiger partial charge in [0.2, 0.25) is 11.8 Å². The molecule has 0 aromatic heterocycles. The quantitative estimate of drug-likeness (QED) is 0.769. The average Bonchev–Trinajstić information content (AvgIpc) is 3.55. The van der Waals surface area contributed by atoms with E-state index in [4.69, 9.17) is 0 Å². The Hall–Kier alpha value is -2.37. The summed E-state index contributed by atoms with van der Waals surface area (Å²) in [6.45, 7) is 3.92. The van der Waals surface area contributed by atoms with Gasteiger partial charge in [0.25, 0.3) is 5.91 Å². The van der Waals surface area contributed by atoms with E-state index in [0.29, 0.717) is 25.2 Å². The van der Waals surface area contributed by atoms with Gasteiger partial charge in [0.15, 0.2) is 0 Å². The Bertz CT molecular complexity index is 665. The van der Waals surface area contributed by atoms with E-state index in [2.05, 4.69) is 10.6 Å². The van der Waals surface area contributed by atoms with E-state index >= 15 is 0 Å². The van der Waals surface area contributed by atoms with Gasteiger partial charge in [-0.3, -0.25) is 14.4 Å². The number of rotatable bonds is 7. The number of benzene rings is 1. The van der Waals surface area contributed by atoms with Crippen LogP contribution in [-0.2, 0) is 9.59 Å². The summed E-state index contributed by atoms with van der Waals surface area (Å²) in [7, 11) is 0. The summed E-state index contributed by atoms with van der Waals surface area (Å²) >= 11 is 0. The molecule has 2 aliphatic rings. The first-order valence-electron chi connectivity index (χ1n) is 10.0. The lowest BCUT2D eigenvalue weighted by atomic mass is 9.88. The second-order valence-corrected chi connectivity index (χ2v) is 7.55. The van der Waals surface area contributed by atoms with Gasteiger partial charge in [0.1, 0.15) is 6.04 Å². The van der Waals surface area contributed by atoms with Crippen molar-refractivity contribution >= 4 is 17.7 Å². The molecule has 27 heavy (non-hydrogen) atoms. The maximum Gasteiger partial charge on any atom is 0.251 e. The molecule has 2 fully saturated rings. The summed E-state index contributed by atoms with van der Waals surface area (Å²) in [5.41, 5.74) is 0.548. The number of carbonyl (C=O) groups excluding carboxylic acids is 3. The molecule has 0 spiro atoms. The summed E-state index contributed by atoms with van der Waals surface area (Å²) in [5, 5.41) is 5.85. The molecule has 1 saturated heterocycles. The molecule has 1 heterocycles. The fraction of sp³-hybridized carbons (Fsp3) is 0.571. The lowest BCUT2D eigenvalue weighted by Gasteiger charge is -2.36. The highest BCUT2D eigenvalue weighted by Crippen LogP contribution is 2.33. The molecule has 1 aliphatic heterocycles. The van der Waals surface area contributed by atoms with Gasteiger partial charge in [-0.2, -0.15) is 0 Å². The zero-order valence-corrected chi connectivity index (χ0v) is 15.9. The van der Waals surface area contributed by atoms with E-state index < -0.39 is 6.04 Å². The maximum absolute atomic E-state index is 12.7. The van der Waals surface area contributed by atoms with E-state index in [0.717, 1.165) is 32.1 Å². The lowest BCUT2D eigenvalue weighted by Crippen LogP contribution is -2.54. The van der Waals surface area contributed by atoms with E-state index in [1.54, 1.807) is 12.1 Å². The lowest BCUT2D eigenvalue weighted by molar-refractivity contribution is -0.134. The van der Waals surface area contributed by atoms with E-state index in [-0.39, 0.29) is 29.6 Å². The number of hydrogen-bond donors (Lipinski definition) is 2. The smallest absolute Gasteiger partial charge is 0.251 e. The van der Waals surface area contributed by atoms with Crippen molar-refractivity contribution < 1.29 is 14.4 Å². The highest BCUT2D eigenvalue weighted by molar-refractivity contribution is 5.97. The van der Waals surface area contributed by atoms with Crippen molar-refractivity contribution in [3.63, 3.8) is 0 Å². The predicted octanol–water partition coefficient (Wildman–Crippen LogP) is 1.96. The summed E-state index contributed by atoms with van der Waals surface area (Å²) in [6, 6.07) is 8.39. The van der Waals surface area contributed by atoms with Crippen molar-refractivity contribution in [2.45, 2.75) is 45.1 Å². The van der Waals surface area contributed by atoms with Crippen LogP contribution in [0, 0.1) is 11.8 Å². The van der Waals surface area contributed by atoms with E-state index in [9.17, 15) is 14.4 Å². The van der Waals surface area contributed by atoms with Gasteiger partial charge in [-0.15, -0.1) is 0 Å². The van der Waals surface area contributed by atoms with Gasteiger partial charge in [-0.1, -0.05) is 25.1 Å². The van der Waals surface area contributed by atoms with Gasteiger partial charge >= 0.3 is 0 Å². The molecular weight excluding hydrogens is 342 g/mol. The first-order valence-corrected chi connectivity index (χ1v) is 10.0. The number of nitrogens with zero attached hydrogens (tertiary/aromatic N) is 1. The summed E-state index contributed by atoms with van der Waals surface area (Å²) in [6.07, 6.45) is 4.33. The molecule has 6 nitrogen and oxygen atoms in total. The largest absolute Gasteiger partial charge is 0.354 e. The summed E-state index contributed by atoms with van der Waals surface area (Å²) in [4.78, 5) is 39.5. The van der Waals surface area contributed by atoms with Crippen LogP contribution in [0.15, 0.2) is 30.3 Å². The molecule has 1 aliphatic carbocycles. The number of hydrogen-bond acceptors (Lipinski definition) is 3. The molecule has 3 amide bonds. The van der Waals surface area contributed by atoms with Gasteiger partial charge in [-0.05, 0) is 50.2 Å². The van der Waals surface area contributed by atoms with Crippen molar-refractivity contribution in [1.82, 2.24) is 15.5 Å². The Morgan fingerprint density at radius 2 is 1.74 bits per heavy atom. The Kier molecular flexibility index (Phi) is 6.48. The zero-order valence-electron chi connectivity index (χ0n) is 15.9. The fourth-order valence-electron chi connectivity index (χ4n) is 3.61. The Morgan fingerprint density at radius 3 is 2.33 bits per heavy atom. The topological polar surface area (TPSA) is 78.5 Å². The van der Waals surface area contributed by atoms with Gasteiger partial charge < -0.3 is 15.5 Å². The fourth-order valence-corrected chi connectivity index (χ4v) is 3.61. The third-order valence-electron chi connectivity index (χ3n) is 5.40. The van der Waals surface area contributed by atoms with Crippen LogP contribution in [0.1, 0.15) is 49.4 Å². The molecule has 1 aromatic carbocycles. The van der Waals surface area contributed by atoms with Crippen LogP contribution in [0.3, 0.4) is 0 Å². The minimum absolute atomic E-state index is 0.0396. The molecule has 1 saturated carbocycles. The minimum atomic E-state index is -0.567. The Labute approximate surface area is 160 Å². The monoisotopic (exact) mass is 371 g/mol. The van der Waals surface area contributed by atoms with E-state index in [1.807, 2.05) is 30.0 Å². The van der Waals surface area contributed by atoms with Crippen LogP contribution >= 0.6 is 0 Å². The molecule has 2 N–H and O–H groups in total. The highest BCUT2D eigenvalue weighted by atomic mass is 16.2. The van der Waals surface area contributed by atoms with Gasteiger partial charge in [0, 0.05) is 31.1 Å². The third kappa shape index (κ3) is 5.08. The highest BCUT2D eigenvalue weighted by Gasteiger charge is 2.38. The van der Waals surface area contributed by atoms with Crippen LogP contribution in [0.25, 0.3) is 0 Å². The number of piperidine rings is 1. The van der Waals surface area contributed by atoms with Gasteiger partial charge in [-0.25, -0.2) is 0 Å². The number of nitrogens with one attached hydrogen (secondary N) is 2. The molecule has 3 rings (SSSR count). The SMILES string of the molecule is CCCNC(=O)[C@H](NC(=O)c1ccccc1)C1CCN(C(=O)C2CC2)CC1. The van der Waals surface area contributed by atoms with Crippen LogP contribution in [0.2, 0.25) is 0 Å². The number of amides is 3. The van der Waals surface area contributed by atoms with Crippen molar-refractivity contribution in [2.24, 2.45) is 11.8 Å². The first-order chi connectivity index (χ1) is 13.1. The number of carbonyl (C=O) groups is 3. The second kappa shape index (κ2) is 9.02. The minimum Gasteiger partial charge on any atom is -0.354 e. The molecule has 0 bridgehead atoms. The Morgan fingerprint density at radius 1 is 1.07 bits per heavy atom. The van der Waals surface area contributed by atoms with Crippen LogP contribution in [-0.4, -0.2) is 48.3 Å². The predicted molar refractivity (Wildman–Crippen MR) is 103 cm³/mol. The standard InChI is InChI=1S/C21H29N3O3/c1-2-12-22-20(26)18(23-19(25)16-6-4-3-5-7-16)15-10-13-24(14-11-15)21(27)17-8-9-17/h3-7,15,17-18H,2,8-14H2,1H3,(H,22,26)(H,23,25)/t18-/m1/s1. The van der Waals surface area contributed by atoms with Crippen LogP contribution in [0.4, 0.5) is 0 Å². The average molecular weight is 371 g/mol. The summed E-state index contributed by atoms with van der Waals surface area (Å²) < 4.78 is 0. The van der Waals surface area contributed by atoms with Crippen molar-refractivity contribution in [2.75, 3.05) is 19.6 Å². The third-order valence-corrected chi connectivity index (χ3v) is 5.40. The van der Waals surface area contributed by atoms with Crippen LogP contribution in [0.5, 0.6) is 0 Å². The normalized spacial score (nSPS) is 18.6. The molecule has 0 unspecified atom stereocenters. The van der Waals surface area contributed by atoms with Crippen molar-refractivity contribution in [3.8, 4) is 0 Å². The molecule has 146 valence electrons. The Balaban J connectivity index is 1.63. The molecule has 6 heteroatoms. The van der Waals surface area contributed by atoms with Crippen molar-refractivity contribution in [1.29, 1.82) is 0 Å². The van der Waals surface area contributed by atoms with Gasteiger partial charge in [0.05, 0.1) is 0 Å². The van der Waals surface area contributed by atoms with Crippen LogP contribution < -0.4 is 10.6 Å².